The predicted molar refractivity (Wildman–Crippen MR) is 83.5 cm³/mol. The van der Waals surface area contributed by atoms with E-state index >= 15 is 0 Å². The van der Waals surface area contributed by atoms with Gasteiger partial charge in [-0.15, -0.1) is 0 Å². The molecule has 0 spiro atoms. The van der Waals surface area contributed by atoms with Crippen LogP contribution in [0.4, 0.5) is 0 Å². The van der Waals surface area contributed by atoms with Crippen LogP contribution in [0.3, 0.4) is 0 Å². The first-order valence-corrected chi connectivity index (χ1v) is 6.82. The van der Waals surface area contributed by atoms with Gasteiger partial charge in [0.05, 0.1) is 23.3 Å². The van der Waals surface area contributed by atoms with Crippen LogP contribution in [0.25, 0.3) is 11.6 Å². The van der Waals surface area contributed by atoms with Crippen LogP contribution in [-0.4, -0.2) is 0 Å². The van der Waals surface area contributed by atoms with Crippen molar-refractivity contribution in [1.29, 1.82) is 10.5 Å². The molecule has 0 saturated heterocycles. The second-order valence-electron chi connectivity index (χ2n) is 4.37. The highest BCUT2D eigenvalue weighted by atomic mass is 79.9. The normalized spacial score (nSPS) is 10.7. The lowest BCUT2D eigenvalue weighted by Crippen LogP contribution is -1.85. The minimum atomic E-state index is 0.540. The Morgan fingerprint density at radius 2 is 1.95 bits per heavy atom. The highest BCUT2D eigenvalue weighted by Crippen LogP contribution is 2.22. The van der Waals surface area contributed by atoms with Crippen molar-refractivity contribution < 1.29 is 0 Å². The molecule has 0 aliphatic carbocycles. The summed E-state index contributed by atoms with van der Waals surface area (Å²) < 4.78 is 1.01. The standard InChI is InChI=1S/C17H11BrN2/c1-12-5-6-13(9-17(12)18)7-16(11-20)15-4-2-3-14(8-15)10-19/h2-9H,1H3/b16-7-. The molecule has 0 heterocycles. The minimum Gasteiger partial charge on any atom is -0.192 e. The van der Waals surface area contributed by atoms with Gasteiger partial charge < -0.3 is 0 Å². The molecule has 0 aromatic heterocycles. The van der Waals surface area contributed by atoms with Gasteiger partial charge in [0.25, 0.3) is 0 Å². The van der Waals surface area contributed by atoms with Gasteiger partial charge in [0, 0.05) is 4.47 Å². The van der Waals surface area contributed by atoms with E-state index in [9.17, 15) is 5.26 Å². The Kier molecular flexibility index (Phi) is 4.35. The zero-order valence-electron chi connectivity index (χ0n) is 10.9. The molecule has 0 aliphatic heterocycles. The van der Waals surface area contributed by atoms with Crippen LogP contribution in [0.1, 0.15) is 22.3 Å². The summed E-state index contributed by atoms with van der Waals surface area (Å²) in [5.41, 5.74) is 3.93. The zero-order chi connectivity index (χ0) is 14.5. The summed E-state index contributed by atoms with van der Waals surface area (Å²) in [5.74, 6) is 0. The van der Waals surface area contributed by atoms with Crippen LogP contribution in [0, 0.1) is 29.6 Å². The van der Waals surface area contributed by atoms with Crippen LogP contribution in [-0.2, 0) is 0 Å². The quantitative estimate of drug-likeness (QED) is 0.594. The van der Waals surface area contributed by atoms with E-state index in [1.54, 1.807) is 18.2 Å². The van der Waals surface area contributed by atoms with E-state index in [0.717, 1.165) is 21.2 Å². The first-order valence-electron chi connectivity index (χ1n) is 6.02. The smallest absolute Gasteiger partial charge is 0.0998 e. The topological polar surface area (TPSA) is 47.6 Å². The second kappa shape index (κ2) is 6.19. The van der Waals surface area contributed by atoms with E-state index in [1.807, 2.05) is 37.3 Å². The third kappa shape index (κ3) is 3.15. The summed E-state index contributed by atoms with van der Waals surface area (Å²) in [4.78, 5) is 0. The van der Waals surface area contributed by atoms with E-state index in [-0.39, 0.29) is 0 Å². The summed E-state index contributed by atoms with van der Waals surface area (Å²) in [6, 6.07) is 17.3. The highest BCUT2D eigenvalue weighted by molar-refractivity contribution is 9.10. The molecular formula is C17H11BrN2. The summed E-state index contributed by atoms with van der Waals surface area (Å²) in [5, 5.41) is 18.2. The van der Waals surface area contributed by atoms with Gasteiger partial charge in [0.15, 0.2) is 0 Å². The molecule has 2 nitrogen and oxygen atoms in total. The van der Waals surface area contributed by atoms with Gasteiger partial charge in [-0.2, -0.15) is 10.5 Å². The number of nitriles is 2. The Hall–Kier alpha value is -2.36. The van der Waals surface area contributed by atoms with Gasteiger partial charge in [-0.05, 0) is 47.9 Å². The molecule has 2 aromatic rings. The molecule has 0 fully saturated rings. The number of nitrogens with zero attached hydrogens (tertiary/aromatic N) is 2. The molecule has 96 valence electrons. The molecule has 3 heteroatoms. The maximum atomic E-state index is 9.32. The average molecular weight is 323 g/mol. The van der Waals surface area contributed by atoms with Crippen molar-refractivity contribution in [2.24, 2.45) is 0 Å². The zero-order valence-corrected chi connectivity index (χ0v) is 12.5. The Balaban J connectivity index is 2.46. The van der Waals surface area contributed by atoms with Crippen LogP contribution in [0.5, 0.6) is 0 Å². The summed E-state index contributed by atoms with van der Waals surface area (Å²) in [6.45, 7) is 2.01. The molecule has 0 saturated carbocycles. The molecule has 20 heavy (non-hydrogen) atoms. The van der Waals surface area contributed by atoms with Crippen LogP contribution < -0.4 is 0 Å². The third-order valence-electron chi connectivity index (χ3n) is 2.93. The lowest BCUT2D eigenvalue weighted by atomic mass is 10.0. The molecular weight excluding hydrogens is 312 g/mol. The lowest BCUT2D eigenvalue weighted by Gasteiger charge is -2.02. The number of hydrogen-bond donors (Lipinski definition) is 0. The molecule has 0 amide bonds. The number of aryl methyl sites for hydroxylation is 1. The van der Waals surface area contributed by atoms with Gasteiger partial charge >= 0.3 is 0 Å². The fourth-order valence-corrected chi connectivity index (χ4v) is 2.20. The van der Waals surface area contributed by atoms with Gasteiger partial charge in [-0.1, -0.05) is 40.2 Å². The minimum absolute atomic E-state index is 0.540. The molecule has 0 atom stereocenters. The molecule has 2 rings (SSSR count). The first-order chi connectivity index (χ1) is 9.63. The Labute approximate surface area is 126 Å². The maximum Gasteiger partial charge on any atom is 0.0998 e. The van der Waals surface area contributed by atoms with Crippen molar-refractivity contribution in [2.75, 3.05) is 0 Å². The Bertz CT molecular complexity index is 761. The fraction of sp³-hybridized carbons (Fsp3) is 0.0588. The molecule has 0 radical (unpaired) electrons. The maximum absolute atomic E-state index is 9.32. The van der Waals surface area contributed by atoms with Gasteiger partial charge in [-0.25, -0.2) is 0 Å². The Morgan fingerprint density at radius 3 is 2.60 bits per heavy atom. The summed E-state index contributed by atoms with van der Waals surface area (Å²) in [7, 11) is 0. The van der Waals surface area contributed by atoms with Crippen molar-refractivity contribution in [3.05, 3.63) is 69.2 Å². The van der Waals surface area contributed by atoms with E-state index in [0.29, 0.717) is 11.1 Å². The van der Waals surface area contributed by atoms with Crippen molar-refractivity contribution in [2.45, 2.75) is 6.92 Å². The number of benzene rings is 2. The SMILES string of the molecule is Cc1ccc(/C=C(/C#N)c2cccc(C#N)c2)cc1Br. The van der Waals surface area contributed by atoms with E-state index < -0.39 is 0 Å². The van der Waals surface area contributed by atoms with E-state index in [2.05, 4.69) is 28.1 Å². The van der Waals surface area contributed by atoms with Gasteiger partial charge in [0.1, 0.15) is 0 Å². The van der Waals surface area contributed by atoms with Gasteiger partial charge in [0.2, 0.25) is 0 Å². The van der Waals surface area contributed by atoms with Crippen molar-refractivity contribution in [3.8, 4) is 12.1 Å². The molecule has 0 bridgehead atoms. The molecule has 2 aromatic carbocycles. The molecule has 0 unspecified atom stereocenters. The monoisotopic (exact) mass is 322 g/mol. The van der Waals surface area contributed by atoms with E-state index in [1.165, 1.54) is 0 Å². The summed E-state index contributed by atoms with van der Waals surface area (Å²) in [6.07, 6.45) is 1.82. The molecule has 0 N–H and O–H groups in total. The average Bonchev–Trinajstić information content (AvgIpc) is 2.48. The third-order valence-corrected chi connectivity index (χ3v) is 3.78. The van der Waals surface area contributed by atoms with Gasteiger partial charge in [-0.3, -0.25) is 0 Å². The Morgan fingerprint density at radius 1 is 1.15 bits per heavy atom. The number of allylic oxidation sites excluding steroid dienone is 1. The number of halogens is 1. The largest absolute Gasteiger partial charge is 0.192 e. The fourth-order valence-electron chi connectivity index (χ4n) is 1.80. The van der Waals surface area contributed by atoms with Crippen molar-refractivity contribution in [3.63, 3.8) is 0 Å². The van der Waals surface area contributed by atoms with Crippen LogP contribution in [0.15, 0.2) is 46.9 Å². The number of hydrogen-bond acceptors (Lipinski definition) is 2. The lowest BCUT2D eigenvalue weighted by molar-refractivity contribution is 1.42. The van der Waals surface area contributed by atoms with Crippen LogP contribution >= 0.6 is 15.9 Å². The summed E-state index contributed by atoms with van der Waals surface area (Å²) >= 11 is 3.48. The van der Waals surface area contributed by atoms with E-state index in [4.69, 9.17) is 5.26 Å². The molecule has 0 aliphatic rings. The second-order valence-corrected chi connectivity index (χ2v) is 5.23. The van der Waals surface area contributed by atoms with Crippen molar-refractivity contribution >= 4 is 27.6 Å². The number of rotatable bonds is 2. The van der Waals surface area contributed by atoms with Crippen LogP contribution in [0.2, 0.25) is 0 Å². The highest BCUT2D eigenvalue weighted by Gasteiger charge is 2.03. The first kappa shape index (κ1) is 14.1. The van der Waals surface area contributed by atoms with Crippen molar-refractivity contribution in [1.82, 2.24) is 0 Å². The predicted octanol–water partition coefficient (Wildman–Crippen LogP) is 4.69.